The summed E-state index contributed by atoms with van der Waals surface area (Å²) in [5.41, 5.74) is 3.71. The van der Waals surface area contributed by atoms with Crippen LogP contribution in [0, 0.1) is 19.8 Å². The quantitative estimate of drug-likeness (QED) is 0.929. The third-order valence-electron chi connectivity index (χ3n) is 5.19. The summed E-state index contributed by atoms with van der Waals surface area (Å²) in [5, 5.41) is 9.76. The number of carbonyl (C=O) groups excluding carboxylic acids is 1. The number of likely N-dealkylation sites (tertiary alicyclic amines) is 1. The van der Waals surface area contributed by atoms with Crippen LogP contribution in [0.1, 0.15) is 35.1 Å². The predicted molar refractivity (Wildman–Crippen MR) is 97.5 cm³/mol. The van der Waals surface area contributed by atoms with Crippen LogP contribution in [0.5, 0.6) is 5.75 Å². The number of rotatable bonds is 4. The Morgan fingerprint density at radius 3 is 2.52 bits per heavy atom. The number of nitrogens with zero attached hydrogens (tertiary/aromatic N) is 2. The number of methoxy groups -OCH3 is 1. The fourth-order valence-corrected chi connectivity index (χ4v) is 3.64. The van der Waals surface area contributed by atoms with E-state index in [-0.39, 0.29) is 17.9 Å². The third-order valence-corrected chi connectivity index (χ3v) is 5.19. The maximum atomic E-state index is 12.9. The molecule has 5 heteroatoms. The van der Waals surface area contributed by atoms with Gasteiger partial charge in [0.25, 0.3) is 5.91 Å². The van der Waals surface area contributed by atoms with E-state index in [9.17, 15) is 9.90 Å². The minimum Gasteiger partial charge on any atom is -0.497 e. The number of benzene rings is 1. The average molecular weight is 342 g/mol. The molecule has 1 saturated heterocycles. The lowest BCUT2D eigenvalue weighted by Crippen LogP contribution is -2.30. The summed E-state index contributed by atoms with van der Waals surface area (Å²) >= 11 is 0. The second-order valence-electron chi connectivity index (χ2n) is 6.86. The molecule has 2 heterocycles. The molecule has 3 rings (SSSR count). The van der Waals surface area contributed by atoms with Crippen molar-refractivity contribution >= 4 is 5.91 Å². The zero-order chi connectivity index (χ0) is 18.1. The highest BCUT2D eigenvalue weighted by molar-refractivity contribution is 5.96. The SMILES string of the molecule is COc1ccc(-n2c(C)cc(C(=O)N3CCC(C(C)O)C3)c2C)cc1. The number of aryl methyl sites for hydroxylation is 1. The second kappa shape index (κ2) is 6.92. The number of carbonyl (C=O) groups is 1. The largest absolute Gasteiger partial charge is 0.497 e. The van der Waals surface area contributed by atoms with Crippen molar-refractivity contribution in [3.8, 4) is 11.4 Å². The molecule has 1 aliphatic heterocycles. The maximum absolute atomic E-state index is 12.9. The summed E-state index contributed by atoms with van der Waals surface area (Å²) < 4.78 is 7.31. The molecule has 0 radical (unpaired) electrons. The summed E-state index contributed by atoms with van der Waals surface area (Å²) in [6, 6.07) is 9.78. The molecule has 134 valence electrons. The summed E-state index contributed by atoms with van der Waals surface area (Å²) in [7, 11) is 1.65. The molecule has 1 aromatic carbocycles. The number of aliphatic hydroxyl groups excluding tert-OH is 1. The summed E-state index contributed by atoms with van der Waals surface area (Å²) in [5.74, 6) is 1.04. The molecule has 0 bridgehead atoms. The van der Waals surface area contributed by atoms with Gasteiger partial charge in [0, 0.05) is 36.1 Å². The van der Waals surface area contributed by atoms with Gasteiger partial charge in [-0.1, -0.05) is 0 Å². The van der Waals surface area contributed by atoms with Gasteiger partial charge in [-0.15, -0.1) is 0 Å². The van der Waals surface area contributed by atoms with Crippen molar-refractivity contribution in [2.75, 3.05) is 20.2 Å². The van der Waals surface area contributed by atoms with Gasteiger partial charge in [0.05, 0.1) is 18.8 Å². The normalized spacial score (nSPS) is 18.4. The molecule has 1 N–H and O–H groups in total. The number of hydrogen-bond donors (Lipinski definition) is 1. The predicted octanol–water partition coefficient (Wildman–Crippen LogP) is 2.95. The fourth-order valence-electron chi connectivity index (χ4n) is 3.64. The van der Waals surface area contributed by atoms with Crippen molar-refractivity contribution in [3.05, 3.63) is 47.3 Å². The summed E-state index contributed by atoms with van der Waals surface area (Å²) in [6.07, 6.45) is 0.491. The highest BCUT2D eigenvalue weighted by Gasteiger charge is 2.31. The highest BCUT2D eigenvalue weighted by atomic mass is 16.5. The molecule has 1 amide bonds. The van der Waals surface area contributed by atoms with Gasteiger partial charge in [-0.25, -0.2) is 0 Å². The van der Waals surface area contributed by atoms with Crippen LogP contribution in [0.2, 0.25) is 0 Å². The van der Waals surface area contributed by atoms with Crippen LogP contribution < -0.4 is 4.74 Å². The molecule has 2 aromatic rings. The van der Waals surface area contributed by atoms with E-state index in [0.29, 0.717) is 13.1 Å². The summed E-state index contributed by atoms with van der Waals surface area (Å²) in [6.45, 7) is 7.13. The zero-order valence-corrected chi connectivity index (χ0v) is 15.3. The van der Waals surface area contributed by atoms with Gasteiger partial charge in [0.1, 0.15) is 5.75 Å². The van der Waals surface area contributed by atoms with Gasteiger partial charge in [-0.2, -0.15) is 0 Å². The second-order valence-corrected chi connectivity index (χ2v) is 6.86. The van der Waals surface area contributed by atoms with Crippen molar-refractivity contribution in [1.29, 1.82) is 0 Å². The van der Waals surface area contributed by atoms with Gasteiger partial charge >= 0.3 is 0 Å². The number of ether oxygens (including phenoxy) is 1. The van der Waals surface area contributed by atoms with Gasteiger partial charge < -0.3 is 19.3 Å². The van der Waals surface area contributed by atoms with E-state index in [1.54, 1.807) is 14.0 Å². The minimum atomic E-state index is -0.371. The molecule has 1 fully saturated rings. The van der Waals surface area contributed by atoms with E-state index in [2.05, 4.69) is 4.57 Å². The Balaban J connectivity index is 1.87. The molecule has 2 unspecified atom stereocenters. The molecule has 1 aromatic heterocycles. The minimum absolute atomic E-state index is 0.0519. The lowest BCUT2D eigenvalue weighted by atomic mass is 10.0. The van der Waals surface area contributed by atoms with Crippen LogP contribution in [-0.2, 0) is 0 Å². The topological polar surface area (TPSA) is 54.7 Å². The Hall–Kier alpha value is -2.27. The molecular weight excluding hydrogens is 316 g/mol. The summed E-state index contributed by atoms with van der Waals surface area (Å²) in [4.78, 5) is 14.8. The van der Waals surface area contributed by atoms with Crippen LogP contribution in [0.4, 0.5) is 0 Å². The van der Waals surface area contributed by atoms with Crippen LogP contribution in [0.25, 0.3) is 5.69 Å². The van der Waals surface area contributed by atoms with E-state index in [4.69, 9.17) is 4.74 Å². The first-order valence-corrected chi connectivity index (χ1v) is 8.73. The van der Waals surface area contributed by atoms with Gasteiger partial charge in [0.2, 0.25) is 0 Å². The molecule has 2 atom stereocenters. The first-order chi connectivity index (χ1) is 11.9. The molecule has 0 spiro atoms. The van der Waals surface area contributed by atoms with E-state index in [0.717, 1.165) is 34.8 Å². The Kier molecular flexibility index (Phi) is 4.86. The first-order valence-electron chi connectivity index (χ1n) is 8.73. The lowest BCUT2D eigenvalue weighted by molar-refractivity contribution is 0.0762. The van der Waals surface area contributed by atoms with E-state index in [1.165, 1.54) is 0 Å². The third kappa shape index (κ3) is 3.29. The van der Waals surface area contributed by atoms with E-state index < -0.39 is 0 Å². The number of amides is 1. The fraction of sp³-hybridized carbons (Fsp3) is 0.450. The smallest absolute Gasteiger partial charge is 0.255 e. The van der Waals surface area contributed by atoms with Crippen molar-refractivity contribution in [2.45, 2.75) is 33.3 Å². The maximum Gasteiger partial charge on any atom is 0.255 e. The standard InChI is InChI=1S/C20H26N2O3/c1-13-11-19(20(24)21-10-9-16(12-21)15(3)23)14(2)22(13)17-5-7-18(25-4)8-6-17/h5-8,11,15-16,23H,9-10,12H2,1-4H3. The van der Waals surface area contributed by atoms with Gasteiger partial charge in [-0.3, -0.25) is 4.79 Å². The Bertz CT molecular complexity index is 762. The number of aliphatic hydroxyl groups is 1. The Morgan fingerprint density at radius 1 is 1.28 bits per heavy atom. The van der Waals surface area contributed by atoms with Gasteiger partial charge in [-0.05, 0) is 57.5 Å². The van der Waals surface area contributed by atoms with Gasteiger partial charge in [0.15, 0.2) is 0 Å². The molecule has 0 saturated carbocycles. The van der Waals surface area contributed by atoms with Crippen molar-refractivity contribution < 1.29 is 14.6 Å². The molecule has 25 heavy (non-hydrogen) atoms. The molecule has 0 aliphatic carbocycles. The Morgan fingerprint density at radius 2 is 1.96 bits per heavy atom. The van der Waals surface area contributed by atoms with Crippen LogP contribution in [0.3, 0.4) is 0 Å². The van der Waals surface area contributed by atoms with Crippen molar-refractivity contribution in [1.82, 2.24) is 9.47 Å². The molecule has 1 aliphatic rings. The van der Waals surface area contributed by atoms with E-state index >= 15 is 0 Å². The van der Waals surface area contributed by atoms with Crippen molar-refractivity contribution in [3.63, 3.8) is 0 Å². The average Bonchev–Trinajstić information content (AvgIpc) is 3.20. The first kappa shape index (κ1) is 17.5. The van der Waals surface area contributed by atoms with E-state index in [1.807, 2.05) is 49.1 Å². The monoisotopic (exact) mass is 342 g/mol. The highest BCUT2D eigenvalue weighted by Crippen LogP contribution is 2.26. The molecule has 5 nitrogen and oxygen atoms in total. The molecular formula is C20H26N2O3. The zero-order valence-electron chi connectivity index (χ0n) is 15.3. The lowest BCUT2D eigenvalue weighted by Gasteiger charge is -2.18. The van der Waals surface area contributed by atoms with Crippen LogP contribution in [-0.4, -0.2) is 46.8 Å². The number of hydrogen-bond acceptors (Lipinski definition) is 3. The number of aromatic nitrogens is 1. The van der Waals surface area contributed by atoms with Crippen molar-refractivity contribution in [2.24, 2.45) is 5.92 Å². The van der Waals surface area contributed by atoms with Crippen LogP contribution in [0.15, 0.2) is 30.3 Å². The Labute approximate surface area is 148 Å². The van der Waals surface area contributed by atoms with Crippen LogP contribution >= 0.6 is 0 Å².